The maximum Gasteiger partial charge on any atom is 0.126 e. The van der Waals surface area contributed by atoms with Crippen LogP contribution in [-0.4, -0.2) is 21.9 Å². The van der Waals surface area contributed by atoms with Crippen LogP contribution in [0.2, 0.25) is 0 Å². The van der Waals surface area contributed by atoms with E-state index in [0.717, 1.165) is 25.7 Å². The average molecular weight is 236 g/mol. The molecule has 1 saturated heterocycles. The number of aliphatic hydroxyl groups is 1. The molecule has 0 radical (unpaired) electrons. The van der Waals surface area contributed by atoms with Crippen molar-refractivity contribution in [2.75, 3.05) is 0 Å². The van der Waals surface area contributed by atoms with E-state index < -0.39 is 5.60 Å². The summed E-state index contributed by atoms with van der Waals surface area (Å²) >= 11 is 0. The number of epoxide rings is 1. The second-order valence-corrected chi connectivity index (χ2v) is 6.82. The third-order valence-electron chi connectivity index (χ3n) is 5.82. The van der Waals surface area contributed by atoms with Crippen LogP contribution in [0, 0.1) is 11.8 Å². The van der Waals surface area contributed by atoms with Gasteiger partial charge in [0, 0.05) is 0 Å². The van der Waals surface area contributed by atoms with Crippen LogP contribution in [0.4, 0.5) is 0 Å². The van der Waals surface area contributed by atoms with E-state index in [0.29, 0.717) is 11.8 Å². The van der Waals surface area contributed by atoms with Crippen molar-refractivity contribution >= 4 is 0 Å². The van der Waals surface area contributed by atoms with Crippen LogP contribution >= 0.6 is 0 Å². The minimum absolute atomic E-state index is 0.0450. The van der Waals surface area contributed by atoms with Gasteiger partial charge in [0.1, 0.15) is 11.2 Å². The summed E-state index contributed by atoms with van der Waals surface area (Å²) in [6, 6.07) is 0. The van der Waals surface area contributed by atoms with Crippen molar-refractivity contribution in [3.05, 3.63) is 12.2 Å². The summed E-state index contributed by atoms with van der Waals surface area (Å²) < 4.78 is 6.19. The van der Waals surface area contributed by atoms with E-state index in [1.807, 2.05) is 6.92 Å². The van der Waals surface area contributed by atoms with E-state index >= 15 is 0 Å². The van der Waals surface area contributed by atoms with Crippen LogP contribution in [0.3, 0.4) is 0 Å². The molecule has 2 saturated carbocycles. The zero-order chi connectivity index (χ0) is 12.5. The molecular formula is C15H24O2. The third kappa shape index (κ3) is 1.23. The highest BCUT2D eigenvalue weighted by Gasteiger charge is 2.81. The Morgan fingerprint density at radius 2 is 2.06 bits per heavy atom. The molecule has 1 heterocycles. The number of allylic oxidation sites excluding steroid dienone is 1. The molecule has 0 aromatic carbocycles. The van der Waals surface area contributed by atoms with Gasteiger partial charge in [-0.2, -0.15) is 0 Å². The molecule has 1 N–H and O–H groups in total. The fourth-order valence-electron chi connectivity index (χ4n) is 4.49. The van der Waals surface area contributed by atoms with Crippen molar-refractivity contribution in [1.29, 1.82) is 0 Å². The Labute approximate surface area is 104 Å². The number of hydrogen-bond donors (Lipinski definition) is 1. The number of hydrogen-bond acceptors (Lipinski definition) is 2. The fraction of sp³-hybridized carbons (Fsp3) is 0.867. The van der Waals surface area contributed by atoms with Gasteiger partial charge in [0.15, 0.2) is 0 Å². The molecule has 3 unspecified atom stereocenters. The smallest absolute Gasteiger partial charge is 0.126 e. The number of ether oxygens (including phenoxy) is 1. The monoisotopic (exact) mass is 236 g/mol. The Hall–Kier alpha value is -0.340. The van der Waals surface area contributed by atoms with Crippen molar-refractivity contribution in [2.45, 2.75) is 69.7 Å². The van der Waals surface area contributed by atoms with Gasteiger partial charge in [-0.05, 0) is 57.8 Å². The Morgan fingerprint density at radius 1 is 1.35 bits per heavy atom. The predicted octanol–water partition coefficient (Wildman–Crippen LogP) is 3.05. The highest BCUT2D eigenvalue weighted by molar-refractivity contribution is 5.31. The zero-order valence-electron chi connectivity index (χ0n) is 11.3. The normalized spacial score (nSPS) is 56.9. The van der Waals surface area contributed by atoms with Crippen LogP contribution in [0.1, 0.15) is 52.9 Å². The minimum atomic E-state index is -0.651. The predicted molar refractivity (Wildman–Crippen MR) is 67.7 cm³/mol. The maximum atomic E-state index is 10.8. The lowest BCUT2D eigenvalue weighted by molar-refractivity contribution is -0.0370. The Bertz CT molecular complexity index is 373. The molecule has 3 fully saturated rings. The molecule has 2 aliphatic carbocycles. The van der Waals surface area contributed by atoms with Crippen LogP contribution in [0.5, 0.6) is 0 Å². The summed E-state index contributed by atoms with van der Waals surface area (Å²) in [6.07, 6.45) is 5.20. The average Bonchev–Trinajstić information content (AvgIpc) is 2.85. The molecule has 0 bridgehead atoms. The molecule has 2 nitrogen and oxygen atoms in total. The molecule has 96 valence electrons. The lowest BCUT2D eigenvalue weighted by Gasteiger charge is -2.29. The molecule has 0 amide bonds. The van der Waals surface area contributed by atoms with Gasteiger partial charge < -0.3 is 9.84 Å². The van der Waals surface area contributed by atoms with E-state index in [9.17, 15) is 5.11 Å². The van der Waals surface area contributed by atoms with E-state index in [1.165, 1.54) is 12.0 Å². The summed E-state index contributed by atoms with van der Waals surface area (Å²) in [5.41, 5.74) is 0.322. The Morgan fingerprint density at radius 3 is 2.71 bits per heavy atom. The van der Waals surface area contributed by atoms with E-state index in [4.69, 9.17) is 4.74 Å². The molecule has 0 aromatic heterocycles. The second kappa shape index (κ2) is 3.16. The van der Waals surface area contributed by atoms with Gasteiger partial charge in [-0.1, -0.05) is 19.1 Å². The van der Waals surface area contributed by atoms with Gasteiger partial charge in [-0.15, -0.1) is 0 Å². The van der Waals surface area contributed by atoms with E-state index in [2.05, 4.69) is 20.4 Å². The largest absolute Gasteiger partial charge is 0.387 e. The SMILES string of the molecule is C=C(C)[C@@H]1CCC(C)(O)C23CC[C@H](C)C2(C1)O3. The topological polar surface area (TPSA) is 32.8 Å². The van der Waals surface area contributed by atoms with Gasteiger partial charge in [0.2, 0.25) is 0 Å². The van der Waals surface area contributed by atoms with Gasteiger partial charge >= 0.3 is 0 Å². The van der Waals surface area contributed by atoms with E-state index in [1.54, 1.807) is 0 Å². The molecular weight excluding hydrogens is 212 g/mol. The standard InChI is InChI=1S/C15H24O2/c1-10(2)12-6-7-13(4,16)15-8-5-11(3)14(15,9-12)17-15/h11-12,16H,1,5-9H2,2-4H3/t11-,12+,13?,14?,15?/m0/s1. The molecule has 3 aliphatic rings. The molecule has 5 atom stereocenters. The summed E-state index contributed by atoms with van der Waals surface area (Å²) in [4.78, 5) is 0. The first-order valence-electron chi connectivity index (χ1n) is 6.93. The van der Waals surface area contributed by atoms with Crippen molar-refractivity contribution in [3.8, 4) is 0 Å². The maximum absolute atomic E-state index is 10.8. The molecule has 0 spiro atoms. The summed E-state index contributed by atoms with van der Waals surface area (Å²) in [7, 11) is 0. The van der Waals surface area contributed by atoms with Gasteiger partial charge in [-0.25, -0.2) is 0 Å². The Balaban J connectivity index is 1.99. The first-order valence-corrected chi connectivity index (χ1v) is 6.93. The van der Waals surface area contributed by atoms with Crippen molar-refractivity contribution in [2.24, 2.45) is 11.8 Å². The molecule has 1 aliphatic heterocycles. The first-order chi connectivity index (χ1) is 7.85. The quantitative estimate of drug-likeness (QED) is 0.560. The van der Waals surface area contributed by atoms with Crippen molar-refractivity contribution in [1.82, 2.24) is 0 Å². The number of rotatable bonds is 1. The van der Waals surface area contributed by atoms with Crippen LogP contribution < -0.4 is 0 Å². The van der Waals surface area contributed by atoms with Gasteiger partial charge in [0.25, 0.3) is 0 Å². The summed E-state index contributed by atoms with van der Waals surface area (Å²) in [5, 5.41) is 10.8. The molecule has 17 heavy (non-hydrogen) atoms. The van der Waals surface area contributed by atoms with E-state index in [-0.39, 0.29) is 11.2 Å². The molecule has 2 heteroatoms. The fourth-order valence-corrected chi connectivity index (χ4v) is 4.49. The van der Waals surface area contributed by atoms with Crippen LogP contribution in [0.15, 0.2) is 12.2 Å². The van der Waals surface area contributed by atoms with Crippen LogP contribution in [-0.2, 0) is 4.74 Å². The zero-order valence-corrected chi connectivity index (χ0v) is 11.3. The highest BCUT2D eigenvalue weighted by atomic mass is 16.6. The second-order valence-electron chi connectivity index (χ2n) is 6.82. The van der Waals surface area contributed by atoms with Gasteiger partial charge in [-0.3, -0.25) is 0 Å². The van der Waals surface area contributed by atoms with Gasteiger partial charge in [0.05, 0.1) is 5.60 Å². The minimum Gasteiger partial charge on any atom is -0.387 e. The Kier molecular flexibility index (Phi) is 2.18. The lowest BCUT2D eigenvalue weighted by Crippen LogP contribution is -2.44. The lowest BCUT2D eigenvalue weighted by atomic mass is 9.77. The summed E-state index contributed by atoms with van der Waals surface area (Å²) in [6.45, 7) is 10.5. The van der Waals surface area contributed by atoms with Crippen molar-refractivity contribution in [3.63, 3.8) is 0 Å². The third-order valence-corrected chi connectivity index (χ3v) is 5.82. The van der Waals surface area contributed by atoms with Crippen LogP contribution in [0.25, 0.3) is 0 Å². The van der Waals surface area contributed by atoms with Crippen molar-refractivity contribution < 1.29 is 9.84 Å². The molecule has 0 aromatic rings. The first kappa shape index (κ1) is 11.7. The highest BCUT2D eigenvalue weighted by Crippen LogP contribution is 2.71. The molecule has 3 rings (SSSR count). The summed E-state index contributed by atoms with van der Waals surface area (Å²) in [5.74, 6) is 1.10.